The number of hydrogen-bond acceptors (Lipinski definition) is 5. The van der Waals surface area contributed by atoms with Gasteiger partial charge in [-0.2, -0.15) is 14.6 Å². The lowest BCUT2D eigenvalue weighted by Crippen LogP contribution is -2.46. The van der Waals surface area contributed by atoms with Crippen LogP contribution in [-0.4, -0.2) is 37.9 Å². The topological polar surface area (TPSA) is 101 Å². The third-order valence-corrected chi connectivity index (χ3v) is 7.84. The normalized spacial score (nSPS) is 23.7. The minimum Gasteiger partial charge on any atom is -0.350 e. The van der Waals surface area contributed by atoms with Gasteiger partial charge in [-0.25, -0.2) is 9.37 Å². The van der Waals surface area contributed by atoms with Gasteiger partial charge in [-0.05, 0) is 67.1 Å². The Hall–Kier alpha value is -3.07. The van der Waals surface area contributed by atoms with Crippen LogP contribution in [0.4, 0.5) is 4.39 Å². The second-order valence-corrected chi connectivity index (χ2v) is 10.3. The molecule has 0 aliphatic heterocycles. The van der Waals surface area contributed by atoms with Crippen LogP contribution in [0.3, 0.4) is 0 Å². The first-order chi connectivity index (χ1) is 16.3. The van der Waals surface area contributed by atoms with Crippen LogP contribution in [0.2, 0.25) is 5.02 Å². The lowest BCUT2D eigenvalue weighted by Gasteiger charge is -2.52. The summed E-state index contributed by atoms with van der Waals surface area (Å²) in [6, 6.07) is 5.64. The maximum absolute atomic E-state index is 13.4. The summed E-state index contributed by atoms with van der Waals surface area (Å²) >= 11 is 5.81. The van der Waals surface area contributed by atoms with E-state index in [9.17, 15) is 14.0 Å². The number of fused-ring (bicyclic) bond motifs is 4. The van der Waals surface area contributed by atoms with Crippen LogP contribution in [0.25, 0.3) is 5.78 Å². The van der Waals surface area contributed by atoms with Crippen molar-refractivity contribution in [2.75, 3.05) is 6.54 Å². The van der Waals surface area contributed by atoms with Gasteiger partial charge in [0, 0.05) is 19.2 Å². The molecule has 8 nitrogen and oxygen atoms in total. The van der Waals surface area contributed by atoms with Crippen LogP contribution in [-0.2, 0) is 6.54 Å². The molecule has 34 heavy (non-hydrogen) atoms. The zero-order chi connectivity index (χ0) is 23.9. The first-order valence-corrected chi connectivity index (χ1v) is 11.8. The Morgan fingerprint density at radius 2 is 1.82 bits per heavy atom. The average molecular weight is 485 g/mol. The van der Waals surface area contributed by atoms with Crippen LogP contribution >= 0.6 is 11.6 Å². The Labute approximate surface area is 201 Å². The first-order valence-electron chi connectivity index (χ1n) is 11.5. The van der Waals surface area contributed by atoms with Crippen molar-refractivity contribution in [2.24, 2.45) is 10.8 Å². The first kappa shape index (κ1) is 22.7. The van der Waals surface area contributed by atoms with Gasteiger partial charge in [0.1, 0.15) is 23.5 Å². The molecule has 2 N–H and O–H groups in total. The molecule has 3 saturated carbocycles. The fourth-order valence-electron chi connectivity index (χ4n) is 5.09. The van der Waals surface area contributed by atoms with Crippen LogP contribution < -0.4 is 10.6 Å². The third kappa shape index (κ3) is 4.36. The van der Waals surface area contributed by atoms with Gasteiger partial charge in [-0.15, -0.1) is 0 Å². The number of halogens is 2. The minimum atomic E-state index is -0.527. The van der Waals surface area contributed by atoms with E-state index >= 15 is 0 Å². The van der Waals surface area contributed by atoms with E-state index in [2.05, 4.69) is 32.6 Å². The zero-order valence-corrected chi connectivity index (χ0v) is 19.7. The predicted octanol–water partition coefficient (Wildman–Crippen LogP) is 3.94. The SMILES string of the molecule is CC12CCC(CNC(=O)c3cc(C(=O)NCc4ccc(F)c(Cl)c4)nc4ncnn34)(CC1)CC2. The molecular formula is C24H26ClFN6O2. The van der Waals surface area contributed by atoms with Crippen LogP contribution in [0.1, 0.15) is 72.0 Å². The Bertz CT molecular complexity index is 1250. The summed E-state index contributed by atoms with van der Waals surface area (Å²) < 4.78 is 14.7. The Kier molecular flexibility index (Phi) is 5.75. The largest absolute Gasteiger partial charge is 0.350 e. The number of nitrogens with one attached hydrogen (secondary N) is 2. The molecule has 1 aromatic carbocycles. The molecular weight excluding hydrogens is 459 g/mol. The van der Waals surface area contributed by atoms with Gasteiger partial charge in [-0.3, -0.25) is 9.59 Å². The zero-order valence-electron chi connectivity index (χ0n) is 18.9. The monoisotopic (exact) mass is 484 g/mol. The van der Waals surface area contributed by atoms with Crippen molar-refractivity contribution < 1.29 is 14.0 Å². The van der Waals surface area contributed by atoms with Crippen molar-refractivity contribution >= 4 is 29.2 Å². The number of nitrogens with zero attached hydrogens (tertiary/aromatic N) is 4. The van der Waals surface area contributed by atoms with Crippen LogP contribution in [0.15, 0.2) is 30.6 Å². The van der Waals surface area contributed by atoms with E-state index in [1.807, 2.05) is 0 Å². The lowest BCUT2D eigenvalue weighted by molar-refractivity contribution is 0.00434. The minimum absolute atomic E-state index is 0.0197. The molecule has 0 spiro atoms. The van der Waals surface area contributed by atoms with E-state index in [-0.39, 0.29) is 40.1 Å². The molecule has 3 fully saturated rings. The highest BCUT2D eigenvalue weighted by molar-refractivity contribution is 6.30. The van der Waals surface area contributed by atoms with Crippen molar-refractivity contribution in [1.82, 2.24) is 30.2 Å². The van der Waals surface area contributed by atoms with Crippen molar-refractivity contribution in [2.45, 2.75) is 52.0 Å². The molecule has 0 saturated heterocycles. The van der Waals surface area contributed by atoms with E-state index in [0.717, 1.165) is 19.3 Å². The summed E-state index contributed by atoms with van der Waals surface area (Å²) in [5.41, 5.74) is 1.49. The van der Waals surface area contributed by atoms with E-state index in [4.69, 9.17) is 11.6 Å². The van der Waals surface area contributed by atoms with E-state index in [0.29, 0.717) is 17.5 Å². The summed E-state index contributed by atoms with van der Waals surface area (Å²) in [6.45, 7) is 3.10. The molecule has 3 aliphatic rings. The van der Waals surface area contributed by atoms with E-state index < -0.39 is 11.7 Å². The van der Waals surface area contributed by atoms with E-state index in [1.165, 1.54) is 54.4 Å². The van der Waals surface area contributed by atoms with Gasteiger partial charge in [0.15, 0.2) is 0 Å². The smallest absolute Gasteiger partial charge is 0.270 e. The molecule has 3 aromatic rings. The third-order valence-electron chi connectivity index (χ3n) is 7.55. The lowest BCUT2D eigenvalue weighted by atomic mass is 9.54. The number of carbonyl (C=O) groups is 2. The standard InChI is InChI=1S/C24H26ClFN6O2/c1-23-4-7-24(8-5-23,9-6-23)13-28-21(34)19-11-18(31-22-29-14-30-32(19)22)20(33)27-12-15-2-3-17(26)16(25)10-15/h2-3,10-11,14H,4-9,12-13H2,1H3,(H,27,33)(H,28,34). The molecule has 0 atom stereocenters. The number of rotatable bonds is 6. The van der Waals surface area contributed by atoms with Crippen molar-refractivity contribution in [3.05, 3.63) is 58.4 Å². The number of aromatic nitrogens is 4. The van der Waals surface area contributed by atoms with Crippen molar-refractivity contribution in [1.29, 1.82) is 0 Å². The van der Waals surface area contributed by atoms with Gasteiger partial charge >= 0.3 is 0 Å². The predicted molar refractivity (Wildman–Crippen MR) is 124 cm³/mol. The summed E-state index contributed by atoms with van der Waals surface area (Å²) in [7, 11) is 0. The summed E-state index contributed by atoms with van der Waals surface area (Å²) in [5, 5.41) is 9.88. The fourth-order valence-corrected chi connectivity index (χ4v) is 5.29. The molecule has 3 aliphatic carbocycles. The molecule has 10 heteroatoms. The van der Waals surface area contributed by atoms with Crippen LogP contribution in [0.5, 0.6) is 0 Å². The summed E-state index contributed by atoms with van der Waals surface area (Å²) in [4.78, 5) is 34.2. The Balaban J connectivity index is 1.30. The van der Waals surface area contributed by atoms with Gasteiger partial charge in [-0.1, -0.05) is 24.6 Å². The highest BCUT2D eigenvalue weighted by Gasteiger charge is 2.46. The Morgan fingerprint density at radius 3 is 2.53 bits per heavy atom. The maximum Gasteiger partial charge on any atom is 0.270 e. The second kappa shape index (κ2) is 8.61. The molecule has 6 rings (SSSR count). The van der Waals surface area contributed by atoms with Gasteiger partial charge in [0.25, 0.3) is 17.6 Å². The molecule has 2 heterocycles. The highest BCUT2D eigenvalue weighted by atomic mass is 35.5. The molecule has 0 radical (unpaired) electrons. The van der Waals surface area contributed by atoms with E-state index in [1.54, 1.807) is 0 Å². The number of hydrogen-bond donors (Lipinski definition) is 2. The average Bonchev–Trinajstić information content (AvgIpc) is 3.32. The molecule has 0 unspecified atom stereocenters. The highest BCUT2D eigenvalue weighted by Crippen LogP contribution is 2.56. The molecule has 178 valence electrons. The number of amides is 2. The fraction of sp³-hybridized carbons (Fsp3) is 0.458. The van der Waals surface area contributed by atoms with Gasteiger partial charge < -0.3 is 10.6 Å². The molecule has 2 aromatic heterocycles. The maximum atomic E-state index is 13.4. The summed E-state index contributed by atoms with van der Waals surface area (Å²) in [6.07, 6.45) is 8.28. The van der Waals surface area contributed by atoms with Crippen LogP contribution in [0, 0.1) is 16.6 Å². The number of carbonyl (C=O) groups excluding carboxylic acids is 2. The van der Waals surface area contributed by atoms with Gasteiger partial charge in [0.2, 0.25) is 0 Å². The van der Waals surface area contributed by atoms with Crippen molar-refractivity contribution in [3.63, 3.8) is 0 Å². The quantitative estimate of drug-likeness (QED) is 0.552. The molecule has 2 bridgehead atoms. The second-order valence-electron chi connectivity index (χ2n) is 9.92. The van der Waals surface area contributed by atoms with Gasteiger partial charge in [0.05, 0.1) is 5.02 Å². The number of benzene rings is 1. The van der Waals surface area contributed by atoms with Crippen molar-refractivity contribution in [3.8, 4) is 0 Å². The Morgan fingerprint density at radius 1 is 1.09 bits per heavy atom. The summed E-state index contributed by atoms with van der Waals surface area (Å²) in [5.74, 6) is -1.17. The molecule has 2 amide bonds.